The fourth-order valence-electron chi connectivity index (χ4n) is 7.03. The number of rotatable bonds is 10. The summed E-state index contributed by atoms with van der Waals surface area (Å²) in [7, 11) is 1.63. The molecule has 2 aromatic carbocycles. The first-order valence-electron chi connectivity index (χ1n) is 15.8. The Morgan fingerprint density at radius 2 is 1.60 bits per heavy atom. The number of nitrogens with zero attached hydrogens (tertiary/aromatic N) is 2. The number of piperidine rings is 1. The number of carbonyl (C=O) groups is 3. The zero-order valence-corrected chi connectivity index (χ0v) is 25.1. The molecule has 2 heterocycles. The van der Waals surface area contributed by atoms with E-state index in [1.807, 2.05) is 29.2 Å². The van der Waals surface area contributed by atoms with Crippen molar-refractivity contribution in [3.63, 3.8) is 0 Å². The van der Waals surface area contributed by atoms with Gasteiger partial charge in [0.2, 0.25) is 11.8 Å². The molecule has 3 N–H and O–H groups in total. The monoisotopic (exact) mass is 574 g/mol. The second-order valence-electron chi connectivity index (χ2n) is 12.4. The minimum Gasteiger partial charge on any atom is -0.390 e. The van der Waals surface area contributed by atoms with Crippen LogP contribution < -0.4 is 10.6 Å². The normalized spacial score (nSPS) is 21.9. The van der Waals surface area contributed by atoms with E-state index in [1.54, 1.807) is 7.05 Å². The molecule has 0 radical (unpaired) electrons. The van der Waals surface area contributed by atoms with E-state index in [2.05, 4.69) is 46.7 Å². The van der Waals surface area contributed by atoms with Crippen molar-refractivity contribution in [3.8, 4) is 0 Å². The lowest BCUT2D eigenvalue weighted by Crippen LogP contribution is -2.75. The zero-order chi connectivity index (χ0) is 29.7. The van der Waals surface area contributed by atoms with E-state index < -0.39 is 17.7 Å². The predicted octanol–water partition coefficient (Wildman–Crippen LogP) is 3.65. The molecule has 226 valence electrons. The highest BCUT2D eigenvalue weighted by atomic mass is 16.3. The summed E-state index contributed by atoms with van der Waals surface area (Å²) in [6, 6.07) is 15.5. The quantitative estimate of drug-likeness (QED) is 0.402. The molecule has 5 rings (SSSR count). The summed E-state index contributed by atoms with van der Waals surface area (Å²) in [6.45, 7) is 4.93. The van der Waals surface area contributed by atoms with Crippen LogP contribution in [0, 0.1) is 5.92 Å². The number of unbranched alkanes of at least 4 members (excludes halogenated alkanes) is 1. The van der Waals surface area contributed by atoms with Gasteiger partial charge in [0, 0.05) is 38.8 Å². The van der Waals surface area contributed by atoms with Crippen molar-refractivity contribution in [2.24, 2.45) is 5.92 Å². The lowest BCUT2D eigenvalue weighted by atomic mass is 9.80. The first-order valence-corrected chi connectivity index (χ1v) is 15.8. The molecule has 2 saturated heterocycles. The van der Waals surface area contributed by atoms with Gasteiger partial charge >= 0.3 is 0 Å². The minimum atomic E-state index is -0.828. The van der Waals surface area contributed by atoms with E-state index in [0.717, 1.165) is 70.1 Å². The molecule has 8 nitrogen and oxygen atoms in total. The molecule has 2 aromatic rings. The third-order valence-corrected chi connectivity index (χ3v) is 9.68. The highest BCUT2D eigenvalue weighted by Crippen LogP contribution is 2.36. The number of carbonyl (C=O) groups excluding carboxylic acids is 3. The summed E-state index contributed by atoms with van der Waals surface area (Å²) in [6.07, 6.45) is 6.98. The number of aliphatic hydroxyl groups excluding tert-OH is 1. The topological polar surface area (TPSA) is 102 Å². The van der Waals surface area contributed by atoms with Crippen LogP contribution in [-0.2, 0) is 22.6 Å². The van der Waals surface area contributed by atoms with Gasteiger partial charge in [-0.25, -0.2) is 0 Å². The summed E-state index contributed by atoms with van der Waals surface area (Å²) in [4.78, 5) is 43.4. The van der Waals surface area contributed by atoms with Crippen molar-refractivity contribution in [3.05, 3.63) is 70.8 Å². The number of aliphatic hydroxyl groups is 1. The van der Waals surface area contributed by atoms with Gasteiger partial charge in [0.1, 0.15) is 11.6 Å². The molecule has 3 fully saturated rings. The van der Waals surface area contributed by atoms with E-state index in [1.165, 1.54) is 11.1 Å². The van der Waals surface area contributed by atoms with Gasteiger partial charge in [-0.05, 0) is 73.3 Å². The predicted molar refractivity (Wildman–Crippen MR) is 163 cm³/mol. The van der Waals surface area contributed by atoms with Crippen molar-refractivity contribution in [1.29, 1.82) is 0 Å². The largest absolute Gasteiger partial charge is 0.390 e. The van der Waals surface area contributed by atoms with Gasteiger partial charge in [0.15, 0.2) is 0 Å². The highest BCUT2D eigenvalue weighted by Gasteiger charge is 2.55. The maximum absolute atomic E-state index is 13.8. The van der Waals surface area contributed by atoms with Gasteiger partial charge in [0.05, 0.1) is 6.10 Å². The average molecular weight is 575 g/mol. The van der Waals surface area contributed by atoms with E-state index in [-0.39, 0.29) is 23.6 Å². The molecule has 42 heavy (non-hydrogen) atoms. The van der Waals surface area contributed by atoms with Crippen LogP contribution in [0.1, 0.15) is 85.3 Å². The lowest BCUT2D eigenvalue weighted by Gasteiger charge is -2.52. The molecule has 2 aliphatic heterocycles. The Morgan fingerprint density at radius 1 is 1.00 bits per heavy atom. The Balaban J connectivity index is 1.19. The molecule has 3 amide bonds. The first-order chi connectivity index (χ1) is 20.3. The number of amides is 3. The Kier molecular flexibility index (Phi) is 9.63. The van der Waals surface area contributed by atoms with Crippen molar-refractivity contribution in [2.45, 2.75) is 88.9 Å². The fourth-order valence-corrected chi connectivity index (χ4v) is 7.03. The molecule has 1 spiro atoms. The number of hydrogen-bond donors (Lipinski definition) is 3. The summed E-state index contributed by atoms with van der Waals surface area (Å²) in [5, 5.41) is 16.7. The zero-order valence-electron chi connectivity index (χ0n) is 25.1. The average Bonchev–Trinajstić information content (AvgIpc) is 3.56. The number of hydrogen-bond acceptors (Lipinski definition) is 5. The van der Waals surface area contributed by atoms with Crippen LogP contribution in [0.25, 0.3) is 0 Å². The first kappa shape index (κ1) is 30.2. The number of benzene rings is 2. The van der Waals surface area contributed by atoms with Gasteiger partial charge in [-0.2, -0.15) is 0 Å². The molecule has 2 atom stereocenters. The number of nitrogens with one attached hydrogen (secondary N) is 2. The van der Waals surface area contributed by atoms with Crippen LogP contribution in [0.4, 0.5) is 0 Å². The Hall–Kier alpha value is -3.23. The fraction of sp³-hybridized carbons (Fsp3) is 0.559. The van der Waals surface area contributed by atoms with E-state index >= 15 is 0 Å². The molecular weight excluding hydrogens is 528 g/mol. The van der Waals surface area contributed by atoms with Crippen LogP contribution >= 0.6 is 0 Å². The highest BCUT2D eigenvalue weighted by molar-refractivity contribution is 6.00. The Labute approximate surface area is 249 Å². The van der Waals surface area contributed by atoms with Gasteiger partial charge in [-0.3, -0.25) is 19.3 Å². The van der Waals surface area contributed by atoms with Crippen molar-refractivity contribution in [2.75, 3.05) is 26.7 Å². The summed E-state index contributed by atoms with van der Waals surface area (Å²) >= 11 is 0. The molecule has 0 bridgehead atoms. The summed E-state index contributed by atoms with van der Waals surface area (Å²) in [5.41, 5.74) is 3.41. The van der Waals surface area contributed by atoms with Gasteiger partial charge in [0.25, 0.3) is 5.91 Å². The summed E-state index contributed by atoms with van der Waals surface area (Å²) < 4.78 is 0. The maximum atomic E-state index is 13.8. The van der Waals surface area contributed by atoms with Crippen LogP contribution in [0.2, 0.25) is 0 Å². The van der Waals surface area contributed by atoms with Crippen molar-refractivity contribution in [1.82, 2.24) is 20.4 Å². The van der Waals surface area contributed by atoms with E-state index in [9.17, 15) is 19.5 Å². The molecule has 0 unspecified atom stereocenters. The van der Waals surface area contributed by atoms with Crippen LogP contribution in [-0.4, -0.2) is 77.0 Å². The Bertz CT molecular complexity index is 1230. The maximum Gasteiger partial charge on any atom is 0.251 e. The molecule has 3 aliphatic rings. The molecule has 1 aliphatic carbocycles. The SMILES string of the molecule is CCCCN1C(=O)[C@@H]([C@H](O)C2CCCC2)NC(=O)C12CCN(Cc1ccc(Cc3ccc(C(=O)NC)cc3)cc1)CC2. The van der Waals surface area contributed by atoms with Gasteiger partial charge in [-0.15, -0.1) is 0 Å². The van der Waals surface area contributed by atoms with Crippen molar-refractivity contribution >= 4 is 17.7 Å². The second kappa shape index (κ2) is 13.4. The third kappa shape index (κ3) is 6.40. The standard InChI is InChI=1S/C34H46N4O4/c1-3-4-19-38-32(41)29(30(39)27-7-5-6-8-27)36-33(42)34(38)17-20-37(21-18-34)23-26-11-9-24(10-12-26)22-25-13-15-28(16-14-25)31(40)35-2/h9-16,27,29-30,39H,3-8,17-23H2,1-2H3,(H,35,40)(H,36,42)/t29-,30-/m1/s1. The van der Waals surface area contributed by atoms with Crippen LogP contribution in [0.3, 0.4) is 0 Å². The van der Waals surface area contributed by atoms with Gasteiger partial charge in [-0.1, -0.05) is 62.6 Å². The molecule has 1 saturated carbocycles. The molecular formula is C34H46N4O4. The lowest BCUT2D eigenvalue weighted by molar-refractivity contribution is -0.165. The smallest absolute Gasteiger partial charge is 0.251 e. The molecule has 0 aromatic heterocycles. The summed E-state index contributed by atoms with van der Waals surface area (Å²) in [5.74, 6) is -0.187. The van der Waals surface area contributed by atoms with Crippen molar-refractivity contribution < 1.29 is 19.5 Å². The molecule has 8 heteroatoms. The third-order valence-electron chi connectivity index (χ3n) is 9.68. The van der Waals surface area contributed by atoms with E-state index in [0.29, 0.717) is 24.9 Å². The minimum absolute atomic E-state index is 0.0822. The second-order valence-corrected chi connectivity index (χ2v) is 12.4. The van der Waals surface area contributed by atoms with E-state index in [4.69, 9.17) is 0 Å². The van der Waals surface area contributed by atoms with Gasteiger partial charge < -0.3 is 20.6 Å². The number of likely N-dealkylation sites (tertiary alicyclic amines) is 1. The Morgan fingerprint density at radius 3 is 2.19 bits per heavy atom. The van der Waals surface area contributed by atoms with Crippen LogP contribution in [0.5, 0.6) is 0 Å². The number of piperazine rings is 1. The van der Waals surface area contributed by atoms with Crippen LogP contribution in [0.15, 0.2) is 48.5 Å².